The van der Waals surface area contributed by atoms with Crippen molar-refractivity contribution in [2.24, 2.45) is 0 Å². The molecule has 0 saturated heterocycles. The number of carbonyl (C=O) groups is 1. The number of aromatic carboxylic acids is 1. The van der Waals surface area contributed by atoms with Gasteiger partial charge in [0.15, 0.2) is 0 Å². The summed E-state index contributed by atoms with van der Waals surface area (Å²) < 4.78 is 0. The Bertz CT molecular complexity index is 381. The molecule has 0 fully saturated rings. The van der Waals surface area contributed by atoms with E-state index in [0.29, 0.717) is 6.07 Å². The van der Waals surface area contributed by atoms with Crippen LogP contribution in [-0.4, -0.2) is 50.5 Å². The van der Waals surface area contributed by atoms with E-state index in [0.717, 1.165) is 12.1 Å². The molecule has 0 aliphatic carbocycles. The molecule has 0 aromatic heterocycles. The Hall–Kier alpha value is -1.51. The van der Waals surface area contributed by atoms with E-state index in [1.807, 2.05) is 0 Å². The van der Waals surface area contributed by atoms with Crippen molar-refractivity contribution in [3.63, 3.8) is 0 Å². The van der Waals surface area contributed by atoms with E-state index < -0.39 is 32.8 Å². The van der Waals surface area contributed by atoms with E-state index in [1.165, 1.54) is 0 Å². The first-order valence-electron chi connectivity index (χ1n) is 3.59. The van der Waals surface area contributed by atoms with E-state index in [1.54, 1.807) is 0 Å². The molecule has 0 unspecified atom stereocenters. The fourth-order valence-electron chi connectivity index (χ4n) is 0.929. The molecule has 9 heteroatoms. The quantitative estimate of drug-likeness (QED) is 0.464. The van der Waals surface area contributed by atoms with Crippen molar-refractivity contribution in [3.05, 3.63) is 44.0 Å². The number of rotatable bonds is 3. The molecular formula is C7H5N2NaO6. The summed E-state index contributed by atoms with van der Waals surface area (Å²) in [6.07, 6.45) is 0. The number of nitro benzene ring substituents is 2. The van der Waals surface area contributed by atoms with Crippen LogP contribution >= 0.6 is 0 Å². The molecule has 0 aliphatic heterocycles. The molecule has 80 valence electrons. The van der Waals surface area contributed by atoms with Gasteiger partial charge in [-0.3, -0.25) is 20.2 Å². The van der Waals surface area contributed by atoms with Crippen LogP contribution in [0.25, 0.3) is 0 Å². The number of non-ortho nitro benzene ring substituents is 2. The van der Waals surface area contributed by atoms with E-state index in [9.17, 15) is 25.0 Å². The normalized spacial score (nSPS) is 9.00. The minimum atomic E-state index is -1.46. The van der Waals surface area contributed by atoms with Gasteiger partial charge < -0.3 is 5.11 Å². The number of benzene rings is 1. The van der Waals surface area contributed by atoms with Crippen LogP contribution in [0.15, 0.2) is 18.2 Å². The molecule has 8 nitrogen and oxygen atoms in total. The molecule has 0 atom stereocenters. The third kappa shape index (κ3) is 3.26. The summed E-state index contributed by atoms with van der Waals surface area (Å²) in [6.45, 7) is 0. The van der Waals surface area contributed by atoms with Crippen molar-refractivity contribution in [1.29, 1.82) is 0 Å². The van der Waals surface area contributed by atoms with Crippen LogP contribution in [-0.2, 0) is 0 Å². The first kappa shape index (κ1) is 14.5. The first-order valence-corrected chi connectivity index (χ1v) is 3.59. The molecule has 0 heterocycles. The maximum atomic E-state index is 10.5. The Kier molecular flexibility index (Phi) is 5.02. The molecule has 1 rings (SSSR count). The van der Waals surface area contributed by atoms with Crippen LogP contribution in [0.3, 0.4) is 0 Å². The predicted octanol–water partition coefficient (Wildman–Crippen LogP) is 0.553. The molecule has 0 amide bonds. The van der Waals surface area contributed by atoms with Crippen molar-refractivity contribution in [3.8, 4) is 0 Å². The second-order valence-electron chi connectivity index (χ2n) is 2.56. The maximum absolute atomic E-state index is 10.5. The second-order valence-corrected chi connectivity index (χ2v) is 2.56. The molecule has 0 bridgehead atoms. The van der Waals surface area contributed by atoms with E-state index in [-0.39, 0.29) is 29.6 Å². The van der Waals surface area contributed by atoms with Gasteiger partial charge >= 0.3 is 35.5 Å². The average molecular weight is 236 g/mol. The topological polar surface area (TPSA) is 124 Å². The Labute approximate surface area is 110 Å². The molecule has 0 aliphatic rings. The fraction of sp³-hybridized carbons (Fsp3) is 0. The third-order valence-corrected chi connectivity index (χ3v) is 1.57. The summed E-state index contributed by atoms with van der Waals surface area (Å²) in [5, 5.41) is 29.2. The first-order chi connectivity index (χ1) is 6.91. The number of nitro groups is 2. The van der Waals surface area contributed by atoms with E-state index in [2.05, 4.69) is 0 Å². The molecular weight excluding hydrogens is 231 g/mol. The van der Waals surface area contributed by atoms with Crippen molar-refractivity contribution >= 4 is 46.9 Å². The summed E-state index contributed by atoms with van der Waals surface area (Å²) in [4.78, 5) is 29.4. The third-order valence-electron chi connectivity index (χ3n) is 1.57. The van der Waals surface area contributed by atoms with Gasteiger partial charge in [0.2, 0.25) is 0 Å². The zero-order chi connectivity index (χ0) is 11.6. The van der Waals surface area contributed by atoms with Crippen LogP contribution < -0.4 is 0 Å². The number of carboxylic acid groups (broad SMARTS) is 1. The van der Waals surface area contributed by atoms with Crippen molar-refractivity contribution in [2.45, 2.75) is 0 Å². The second kappa shape index (κ2) is 5.54. The predicted molar refractivity (Wildman–Crippen MR) is 53.9 cm³/mol. The minimum absolute atomic E-state index is 0. The molecule has 0 saturated carbocycles. The van der Waals surface area contributed by atoms with Gasteiger partial charge in [0.25, 0.3) is 11.4 Å². The Morgan fingerprint density at radius 3 is 1.69 bits per heavy atom. The molecule has 0 radical (unpaired) electrons. The molecule has 1 aromatic carbocycles. The standard InChI is InChI=1S/C7H4N2O6.Na.H/c10-7(11)4-1-5(8(12)13)3-6(2-4)9(14)15;;/h1-3H,(H,10,11);;. The van der Waals surface area contributed by atoms with Crippen LogP contribution in [0.5, 0.6) is 0 Å². The van der Waals surface area contributed by atoms with Crippen LogP contribution in [0.1, 0.15) is 10.4 Å². The van der Waals surface area contributed by atoms with Gasteiger partial charge in [-0.15, -0.1) is 0 Å². The van der Waals surface area contributed by atoms with E-state index in [4.69, 9.17) is 5.11 Å². The number of hydrogen-bond acceptors (Lipinski definition) is 5. The molecule has 16 heavy (non-hydrogen) atoms. The summed E-state index contributed by atoms with van der Waals surface area (Å²) in [6, 6.07) is 2.22. The number of carboxylic acids is 1. The summed E-state index contributed by atoms with van der Waals surface area (Å²) in [5.41, 5.74) is -1.74. The molecule has 1 aromatic rings. The van der Waals surface area contributed by atoms with Gasteiger partial charge in [-0.1, -0.05) is 0 Å². The Morgan fingerprint density at radius 1 is 1.06 bits per heavy atom. The zero-order valence-electron chi connectivity index (χ0n) is 7.11. The van der Waals surface area contributed by atoms with Gasteiger partial charge in [0, 0.05) is 12.1 Å². The Morgan fingerprint density at radius 2 is 1.44 bits per heavy atom. The molecule has 1 N–H and O–H groups in total. The monoisotopic (exact) mass is 236 g/mol. The van der Waals surface area contributed by atoms with Gasteiger partial charge in [-0.05, 0) is 0 Å². The fourth-order valence-corrected chi connectivity index (χ4v) is 0.929. The summed E-state index contributed by atoms with van der Waals surface area (Å²) >= 11 is 0. The SMILES string of the molecule is O=C(O)c1cc([N+](=O)[O-])cc([N+](=O)[O-])c1.[NaH]. The van der Waals surface area contributed by atoms with Gasteiger partial charge in [-0.25, -0.2) is 4.79 Å². The summed E-state index contributed by atoms with van der Waals surface area (Å²) in [7, 11) is 0. The van der Waals surface area contributed by atoms with Gasteiger partial charge in [0.05, 0.1) is 21.5 Å². The number of hydrogen-bond donors (Lipinski definition) is 1. The van der Waals surface area contributed by atoms with Crippen molar-refractivity contribution in [1.82, 2.24) is 0 Å². The average Bonchev–Trinajstić information content (AvgIpc) is 2.16. The van der Waals surface area contributed by atoms with Crippen LogP contribution in [0.2, 0.25) is 0 Å². The van der Waals surface area contributed by atoms with E-state index >= 15 is 0 Å². The van der Waals surface area contributed by atoms with Crippen molar-refractivity contribution < 1.29 is 19.7 Å². The summed E-state index contributed by atoms with van der Waals surface area (Å²) in [5.74, 6) is -1.46. The van der Waals surface area contributed by atoms with Crippen LogP contribution in [0.4, 0.5) is 11.4 Å². The van der Waals surface area contributed by atoms with Gasteiger partial charge in [-0.2, -0.15) is 0 Å². The van der Waals surface area contributed by atoms with Crippen LogP contribution in [0, 0.1) is 20.2 Å². The Balaban J connectivity index is 0.00000225. The number of nitrogens with zero attached hydrogens (tertiary/aromatic N) is 2. The zero-order valence-corrected chi connectivity index (χ0v) is 7.11. The van der Waals surface area contributed by atoms with Gasteiger partial charge in [0.1, 0.15) is 0 Å². The van der Waals surface area contributed by atoms with Crippen molar-refractivity contribution in [2.75, 3.05) is 0 Å². The molecule has 0 spiro atoms.